The van der Waals surface area contributed by atoms with Crippen LogP contribution in [0.15, 0.2) is 53.4 Å². The Bertz CT molecular complexity index is 808. The van der Waals surface area contributed by atoms with Crippen molar-refractivity contribution < 1.29 is 19.4 Å². The van der Waals surface area contributed by atoms with Gasteiger partial charge in [-0.15, -0.1) is 11.8 Å². The third-order valence-corrected chi connectivity index (χ3v) is 5.66. The molecule has 1 N–H and O–H groups in total. The van der Waals surface area contributed by atoms with Gasteiger partial charge in [-0.25, -0.2) is 9.59 Å². The van der Waals surface area contributed by atoms with E-state index in [1.165, 1.54) is 17.4 Å². The number of rotatable bonds is 7. The van der Waals surface area contributed by atoms with Gasteiger partial charge >= 0.3 is 12.0 Å². The van der Waals surface area contributed by atoms with Gasteiger partial charge in [0.2, 0.25) is 0 Å². The molecule has 0 saturated carbocycles. The first-order valence-electron chi connectivity index (χ1n) is 8.66. The number of carbonyl (C=O) groups excluding carboxylic acids is 1. The second kappa shape index (κ2) is 8.35. The summed E-state index contributed by atoms with van der Waals surface area (Å²) >= 11 is 1.72. The first-order chi connectivity index (χ1) is 13.0. The van der Waals surface area contributed by atoms with Gasteiger partial charge in [0.15, 0.2) is 0 Å². The lowest BCUT2D eigenvalue weighted by atomic mass is 10.2. The van der Waals surface area contributed by atoms with Crippen molar-refractivity contribution in [3.8, 4) is 5.75 Å². The van der Waals surface area contributed by atoms with E-state index in [9.17, 15) is 9.59 Å². The van der Waals surface area contributed by atoms with Gasteiger partial charge < -0.3 is 14.7 Å². The largest absolute Gasteiger partial charge is 0.497 e. The lowest BCUT2D eigenvalue weighted by Gasteiger charge is -2.21. The normalized spacial score (nSPS) is 15.1. The minimum Gasteiger partial charge on any atom is -0.497 e. The zero-order chi connectivity index (χ0) is 19.4. The van der Waals surface area contributed by atoms with Gasteiger partial charge in [-0.2, -0.15) is 0 Å². The molecule has 1 saturated heterocycles. The molecule has 2 amide bonds. The second-order valence-corrected chi connectivity index (χ2v) is 7.32. The number of hydrogen-bond donors (Lipinski definition) is 1. The van der Waals surface area contributed by atoms with E-state index in [1.54, 1.807) is 23.8 Å². The molecule has 2 aromatic rings. The summed E-state index contributed by atoms with van der Waals surface area (Å²) in [5.74, 6) is 0.695. The molecule has 0 spiro atoms. The minimum absolute atomic E-state index is 0.261. The number of methoxy groups -OCH3 is 1. The zero-order valence-electron chi connectivity index (χ0n) is 15.3. The number of benzene rings is 2. The third kappa shape index (κ3) is 4.36. The number of hydrogen-bond acceptors (Lipinski definition) is 4. The zero-order valence-corrected chi connectivity index (χ0v) is 16.1. The van der Waals surface area contributed by atoms with Crippen LogP contribution < -0.4 is 9.64 Å². The monoisotopic (exact) mass is 386 g/mol. The Kier molecular flexibility index (Phi) is 5.91. The molecule has 0 radical (unpaired) electrons. The smallest absolute Gasteiger partial charge is 0.326 e. The summed E-state index contributed by atoms with van der Waals surface area (Å²) in [5, 5.41) is 9.11. The standard InChI is InChI=1S/C20H22N2O4S/c1-14(19(23)24)21-11-12-22(20(21)25)16-5-9-18(10-6-16)27-13-15-3-7-17(26-2)8-4-15/h3-10,14H,11-13H2,1-2H3,(H,23,24). The molecule has 1 atom stereocenters. The Morgan fingerprint density at radius 1 is 1.15 bits per heavy atom. The van der Waals surface area contributed by atoms with E-state index < -0.39 is 12.0 Å². The molecular formula is C20H22N2O4S. The summed E-state index contributed by atoms with van der Waals surface area (Å²) in [6, 6.07) is 14.7. The maximum Gasteiger partial charge on any atom is 0.326 e. The van der Waals surface area contributed by atoms with Crippen molar-refractivity contribution in [3.63, 3.8) is 0 Å². The van der Waals surface area contributed by atoms with Crippen LogP contribution in [0.1, 0.15) is 12.5 Å². The van der Waals surface area contributed by atoms with Crippen molar-refractivity contribution in [2.45, 2.75) is 23.6 Å². The molecule has 1 aliphatic heterocycles. The minimum atomic E-state index is -0.990. The van der Waals surface area contributed by atoms with Crippen molar-refractivity contribution in [3.05, 3.63) is 54.1 Å². The van der Waals surface area contributed by atoms with Crippen molar-refractivity contribution in [1.82, 2.24) is 4.90 Å². The van der Waals surface area contributed by atoms with E-state index in [0.29, 0.717) is 13.1 Å². The fourth-order valence-electron chi connectivity index (χ4n) is 2.90. The van der Waals surface area contributed by atoms with Crippen LogP contribution >= 0.6 is 11.8 Å². The van der Waals surface area contributed by atoms with E-state index in [4.69, 9.17) is 9.84 Å². The van der Waals surface area contributed by atoms with Crippen LogP contribution in [-0.4, -0.2) is 48.2 Å². The van der Waals surface area contributed by atoms with Gasteiger partial charge in [-0.1, -0.05) is 12.1 Å². The van der Waals surface area contributed by atoms with Gasteiger partial charge in [0.05, 0.1) is 7.11 Å². The van der Waals surface area contributed by atoms with E-state index in [0.717, 1.165) is 22.1 Å². The molecule has 7 heteroatoms. The molecule has 1 unspecified atom stereocenters. The SMILES string of the molecule is COc1ccc(CSc2ccc(N3CCN(C(C)C(=O)O)C3=O)cc2)cc1. The molecule has 2 aromatic carbocycles. The summed E-state index contributed by atoms with van der Waals surface area (Å²) in [7, 11) is 1.65. The fraction of sp³-hybridized carbons (Fsp3) is 0.300. The summed E-state index contributed by atoms with van der Waals surface area (Å²) in [5.41, 5.74) is 1.99. The van der Waals surface area contributed by atoms with E-state index in [-0.39, 0.29) is 6.03 Å². The molecule has 0 aromatic heterocycles. The number of carbonyl (C=O) groups is 2. The number of amides is 2. The van der Waals surface area contributed by atoms with Gasteiger partial charge in [-0.05, 0) is 48.9 Å². The van der Waals surface area contributed by atoms with E-state index >= 15 is 0 Å². The highest BCUT2D eigenvalue weighted by Crippen LogP contribution is 2.28. The first-order valence-corrected chi connectivity index (χ1v) is 9.65. The lowest BCUT2D eigenvalue weighted by molar-refractivity contribution is -0.141. The second-order valence-electron chi connectivity index (χ2n) is 6.27. The summed E-state index contributed by atoms with van der Waals surface area (Å²) in [6.07, 6.45) is 0. The molecule has 0 aliphatic carbocycles. The molecule has 0 bridgehead atoms. The summed E-state index contributed by atoms with van der Waals surface area (Å²) < 4.78 is 5.16. The molecule has 1 heterocycles. The van der Waals surface area contributed by atoms with Crippen molar-refractivity contribution >= 4 is 29.4 Å². The Morgan fingerprint density at radius 3 is 2.41 bits per heavy atom. The van der Waals surface area contributed by atoms with Crippen LogP contribution in [0.25, 0.3) is 0 Å². The van der Waals surface area contributed by atoms with E-state index in [1.807, 2.05) is 48.5 Å². The maximum absolute atomic E-state index is 12.5. The number of thioether (sulfide) groups is 1. The Balaban J connectivity index is 1.60. The number of carboxylic acid groups (broad SMARTS) is 1. The average molecular weight is 386 g/mol. The highest BCUT2D eigenvalue weighted by molar-refractivity contribution is 7.98. The van der Waals surface area contributed by atoms with Gasteiger partial charge in [0, 0.05) is 29.4 Å². The predicted molar refractivity (Wildman–Crippen MR) is 106 cm³/mol. The summed E-state index contributed by atoms with van der Waals surface area (Å²) in [6.45, 7) is 2.44. The van der Waals surface area contributed by atoms with Crippen molar-refractivity contribution in [1.29, 1.82) is 0 Å². The number of ether oxygens (including phenoxy) is 1. The molecule has 3 rings (SSSR count). The average Bonchev–Trinajstić information content (AvgIpc) is 3.07. The molecule has 1 fully saturated rings. The van der Waals surface area contributed by atoms with Crippen LogP contribution in [0.5, 0.6) is 5.75 Å². The highest BCUT2D eigenvalue weighted by Gasteiger charge is 2.35. The molecule has 6 nitrogen and oxygen atoms in total. The van der Waals surface area contributed by atoms with Crippen molar-refractivity contribution in [2.75, 3.05) is 25.1 Å². The maximum atomic E-state index is 12.5. The third-order valence-electron chi connectivity index (χ3n) is 4.58. The fourth-order valence-corrected chi connectivity index (χ4v) is 3.75. The van der Waals surface area contributed by atoms with Crippen LogP contribution in [0, 0.1) is 0 Å². The number of nitrogens with zero attached hydrogens (tertiary/aromatic N) is 2. The van der Waals surface area contributed by atoms with Gasteiger partial charge in [-0.3, -0.25) is 4.90 Å². The van der Waals surface area contributed by atoms with Gasteiger partial charge in [0.25, 0.3) is 0 Å². The van der Waals surface area contributed by atoms with Crippen LogP contribution in [0.4, 0.5) is 10.5 Å². The van der Waals surface area contributed by atoms with E-state index in [2.05, 4.69) is 0 Å². The Morgan fingerprint density at radius 2 is 1.81 bits per heavy atom. The quantitative estimate of drug-likeness (QED) is 0.735. The molecule has 142 valence electrons. The van der Waals surface area contributed by atoms with Crippen LogP contribution in [0.3, 0.4) is 0 Å². The van der Waals surface area contributed by atoms with Crippen LogP contribution in [-0.2, 0) is 10.5 Å². The van der Waals surface area contributed by atoms with Crippen LogP contribution in [0.2, 0.25) is 0 Å². The lowest BCUT2D eigenvalue weighted by Crippen LogP contribution is -2.42. The molecular weight excluding hydrogens is 364 g/mol. The van der Waals surface area contributed by atoms with Crippen molar-refractivity contribution in [2.24, 2.45) is 0 Å². The first kappa shape index (κ1) is 19.1. The Hall–Kier alpha value is -2.67. The number of aliphatic carboxylic acids is 1. The number of carboxylic acids is 1. The molecule has 1 aliphatic rings. The predicted octanol–water partition coefficient (Wildman–Crippen LogP) is 3.70. The summed E-state index contributed by atoms with van der Waals surface area (Å²) in [4.78, 5) is 27.7. The topological polar surface area (TPSA) is 70.1 Å². The Labute approximate surface area is 162 Å². The molecule has 27 heavy (non-hydrogen) atoms. The number of urea groups is 1. The number of anilines is 1. The van der Waals surface area contributed by atoms with Gasteiger partial charge in [0.1, 0.15) is 11.8 Å². The highest BCUT2D eigenvalue weighted by atomic mass is 32.2.